The number of alkyl halides is 1. The summed E-state index contributed by atoms with van der Waals surface area (Å²) in [7, 11) is 1.91. The smallest absolute Gasteiger partial charge is 0.0701 e. The molecule has 1 N–H and O–H groups in total. The zero-order valence-electron chi connectivity index (χ0n) is 6.94. The fraction of sp³-hybridized carbons (Fsp3) is 1.00. The average molecular weight is 226 g/mol. The van der Waals surface area contributed by atoms with E-state index in [2.05, 4.69) is 21.2 Å². The molecule has 0 aliphatic carbocycles. The van der Waals surface area contributed by atoms with Crippen molar-refractivity contribution in [2.45, 2.75) is 0 Å². The molecular formula is C7H16BrNO2. The van der Waals surface area contributed by atoms with Crippen molar-refractivity contribution >= 4 is 15.9 Å². The van der Waals surface area contributed by atoms with Crippen LogP contribution in [0.25, 0.3) is 0 Å². The molecule has 0 radical (unpaired) electrons. The van der Waals surface area contributed by atoms with E-state index in [1.165, 1.54) is 0 Å². The molecule has 0 saturated heterocycles. The van der Waals surface area contributed by atoms with Gasteiger partial charge in [0.2, 0.25) is 0 Å². The Morgan fingerprint density at radius 1 is 1.09 bits per heavy atom. The van der Waals surface area contributed by atoms with Gasteiger partial charge in [0.1, 0.15) is 0 Å². The van der Waals surface area contributed by atoms with E-state index in [1.807, 2.05) is 7.05 Å². The van der Waals surface area contributed by atoms with Crippen molar-refractivity contribution in [1.29, 1.82) is 0 Å². The standard InChI is InChI=1S/C7H16BrNO2/c1-9-3-5-11-7-6-10-4-2-8/h9H,2-7H2,1H3. The number of ether oxygens (including phenoxy) is 2. The minimum Gasteiger partial charge on any atom is -0.378 e. The summed E-state index contributed by atoms with van der Waals surface area (Å²) < 4.78 is 10.4. The summed E-state index contributed by atoms with van der Waals surface area (Å²) in [6.07, 6.45) is 0. The normalized spacial score (nSPS) is 10.4. The van der Waals surface area contributed by atoms with Crippen LogP contribution in [-0.4, -0.2) is 45.4 Å². The lowest BCUT2D eigenvalue weighted by Gasteiger charge is -2.03. The Balaban J connectivity index is 2.69. The highest BCUT2D eigenvalue weighted by Crippen LogP contribution is 1.82. The predicted molar refractivity (Wildman–Crippen MR) is 49.4 cm³/mol. The quantitative estimate of drug-likeness (QED) is 0.486. The molecule has 0 heterocycles. The first-order valence-electron chi connectivity index (χ1n) is 3.78. The van der Waals surface area contributed by atoms with Crippen LogP contribution in [0.15, 0.2) is 0 Å². The molecule has 0 aromatic heterocycles. The van der Waals surface area contributed by atoms with E-state index in [0.717, 1.165) is 25.1 Å². The van der Waals surface area contributed by atoms with Gasteiger partial charge in [-0.3, -0.25) is 0 Å². The molecule has 0 aromatic carbocycles. The third-order valence-electron chi connectivity index (χ3n) is 1.09. The lowest BCUT2D eigenvalue weighted by Crippen LogP contribution is -2.16. The highest BCUT2D eigenvalue weighted by Gasteiger charge is 1.87. The van der Waals surface area contributed by atoms with E-state index in [0.29, 0.717) is 13.2 Å². The molecule has 0 atom stereocenters. The Morgan fingerprint density at radius 2 is 1.73 bits per heavy atom. The molecule has 4 heteroatoms. The maximum atomic E-state index is 5.22. The fourth-order valence-corrected chi connectivity index (χ4v) is 0.780. The zero-order valence-corrected chi connectivity index (χ0v) is 8.52. The van der Waals surface area contributed by atoms with Crippen molar-refractivity contribution < 1.29 is 9.47 Å². The molecule has 0 saturated carbocycles. The predicted octanol–water partition coefficient (Wildman–Crippen LogP) is 0.634. The Kier molecular flexibility index (Phi) is 10.7. The summed E-state index contributed by atoms with van der Waals surface area (Å²) in [6, 6.07) is 0. The maximum absolute atomic E-state index is 5.22. The highest BCUT2D eigenvalue weighted by atomic mass is 79.9. The molecule has 0 aliphatic rings. The first kappa shape index (κ1) is 11.4. The van der Waals surface area contributed by atoms with Gasteiger partial charge in [-0.25, -0.2) is 0 Å². The molecule has 0 aliphatic heterocycles. The van der Waals surface area contributed by atoms with E-state index < -0.39 is 0 Å². The van der Waals surface area contributed by atoms with E-state index in [-0.39, 0.29) is 0 Å². The van der Waals surface area contributed by atoms with Gasteiger partial charge in [0.05, 0.1) is 26.4 Å². The molecule has 0 spiro atoms. The Labute approximate surface area is 76.6 Å². The molecule has 0 bridgehead atoms. The van der Waals surface area contributed by atoms with Crippen LogP contribution < -0.4 is 5.32 Å². The van der Waals surface area contributed by atoms with Gasteiger partial charge in [0.15, 0.2) is 0 Å². The average Bonchev–Trinajstić information content (AvgIpc) is 2.03. The van der Waals surface area contributed by atoms with E-state index in [1.54, 1.807) is 0 Å². The van der Waals surface area contributed by atoms with Crippen molar-refractivity contribution in [2.24, 2.45) is 0 Å². The second-order valence-electron chi connectivity index (χ2n) is 2.02. The molecule has 0 unspecified atom stereocenters. The molecule has 3 nitrogen and oxygen atoms in total. The van der Waals surface area contributed by atoms with E-state index in [9.17, 15) is 0 Å². The van der Waals surface area contributed by atoms with Crippen LogP contribution in [0.1, 0.15) is 0 Å². The summed E-state index contributed by atoms with van der Waals surface area (Å²) in [5.41, 5.74) is 0. The van der Waals surface area contributed by atoms with Gasteiger partial charge < -0.3 is 14.8 Å². The molecule has 68 valence electrons. The van der Waals surface area contributed by atoms with Gasteiger partial charge in [-0.1, -0.05) is 15.9 Å². The van der Waals surface area contributed by atoms with E-state index >= 15 is 0 Å². The Bertz CT molecular complexity index is 65.5. The monoisotopic (exact) mass is 225 g/mol. The molecule has 0 amide bonds. The second-order valence-corrected chi connectivity index (χ2v) is 2.81. The molecular weight excluding hydrogens is 210 g/mol. The summed E-state index contributed by atoms with van der Waals surface area (Å²) >= 11 is 3.27. The van der Waals surface area contributed by atoms with Crippen molar-refractivity contribution in [1.82, 2.24) is 5.32 Å². The number of rotatable bonds is 8. The van der Waals surface area contributed by atoms with Crippen molar-refractivity contribution in [3.63, 3.8) is 0 Å². The minimum atomic E-state index is 0.689. The zero-order chi connectivity index (χ0) is 8.36. The third-order valence-corrected chi connectivity index (χ3v) is 1.41. The maximum Gasteiger partial charge on any atom is 0.0701 e. The van der Waals surface area contributed by atoms with Crippen LogP contribution in [-0.2, 0) is 9.47 Å². The van der Waals surface area contributed by atoms with Crippen molar-refractivity contribution in [3.05, 3.63) is 0 Å². The summed E-state index contributed by atoms with van der Waals surface area (Å²) in [6.45, 7) is 3.80. The lowest BCUT2D eigenvalue weighted by molar-refractivity contribution is 0.0557. The van der Waals surface area contributed by atoms with Crippen LogP contribution in [0.4, 0.5) is 0 Å². The van der Waals surface area contributed by atoms with Gasteiger partial charge in [-0.15, -0.1) is 0 Å². The van der Waals surface area contributed by atoms with Crippen LogP contribution >= 0.6 is 15.9 Å². The van der Waals surface area contributed by atoms with Gasteiger partial charge >= 0.3 is 0 Å². The Hall–Kier alpha value is 0.360. The largest absolute Gasteiger partial charge is 0.378 e. The van der Waals surface area contributed by atoms with E-state index in [4.69, 9.17) is 9.47 Å². The third kappa shape index (κ3) is 10.4. The second kappa shape index (κ2) is 10.4. The van der Waals surface area contributed by atoms with Gasteiger partial charge in [0, 0.05) is 11.9 Å². The van der Waals surface area contributed by atoms with Crippen LogP contribution in [0.3, 0.4) is 0 Å². The van der Waals surface area contributed by atoms with Crippen LogP contribution in [0.2, 0.25) is 0 Å². The number of nitrogens with one attached hydrogen (secondary N) is 1. The summed E-state index contributed by atoms with van der Waals surface area (Å²) in [4.78, 5) is 0. The molecule has 0 rings (SSSR count). The number of likely N-dealkylation sites (N-methyl/N-ethyl adjacent to an activating group) is 1. The van der Waals surface area contributed by atoms with Crippen LogP contribution in [0, 0.1) is 0 Å². The highest BCUT2D eigenvalue weighted by molar-refractivity contribution is 9.09. The molecule has 11 heavy (non-hydrogen) atoms. The SMILES string of the molecule is CNCCOCCOCCBr. The van der Waals surface area contributed by atoms with Crippen molar-refractivity contribution in [3.8, 4) is 0 Å². The summed E-state index contributed by atoms with van der Waals surface area (Å²) in [5.74, 6) is 0. The Morgan fingerprint density at radius 3 is 2.27 bits per heavy atom. The topological polar surface area (TPSA) is 30.5 Å². The number of halogens is 1. The van der Waals surface area contributed by atoms with Crippen LogP contribution in [0.5, 0.6) is 0 Å². The van der Waals surface area contributed by atoms with Crippen molar-refractivity contribution in [2.75, 3.05) is 45.4 Å². The first-order chi connectivity index (χ1) is 5.41. The van der Waals surface area contributed by atoms with Gasteiger partial charge in [-0.05, 0) is 7.05 Å². The lowest BCUT2D eigenvalue weighted by atomic mass is 10.7. The van der Waals surface area contributed by atoms with Gasteiger partial charge in [0.25, 0.3) is 0 Å². The number of hydrogen-bond acceptors (Lipinski definition) is 3. The molecule has 0 fully saturated rings. The first-order valence-corrected chi connectivity index (χ1v) is 4.90. The summed E-state index contributed by atoms with van der Waals surface area (Å²) in [5, 5.41) is 3.89. The van der Waals surface area contributed by atoms with Gasteiger partial charge in [-0.2, -0.15) is 0 Å². The minimum absolute atomic E-state index is 0.689. The number of hydrogen-bond donors (Lipinski definition) is 1. The molecule has 0 aromatic rings. The fourth-order valence-electron chi connectivity index (χ4n) is 0.551.